The number of hydrogen-bond donors (Lipinski definition) is 4. The molecule has 0 spiro atoms. The maximum absolute atomic E-state index is 12.6. The van der Waals surface area contributed by atoms with Crippen molar-refractivity contribution < 1.29 is 14.6 Å². The first-order valence-corrected chi connectivity index (χ1v) is 8.65. The normalized spacial score (nSPS) is 16.9. The zero-order valence-corrected chi connectivity index (χ0v) is 14.4. The van der Waals surface area contributed by atoms with Crippen molar-refractivity contribution in [2.45, 2.75) is 18.9 Å². The zero-order chi connectivity index (χ0) is 18.4. The number of ether oxygens (including phenoxy) is 1. The number of anilines is 1. The number of carbonyl (C=O) groups excluding carboxylic acids is 1. The van der Waals surface area contributed by atoms with Crippen molar-refractivity contribution >= 4 is 11.7 Å². The number of aliphatic hydroxyl groups excluding tert-OH is 1. The smallest absolute Gasteiger partial charge is 0.274 e. The van der Waals surface area contributed by atoms with Gasteiger partial charge in [0.2, 0.25) is 0 Å². The molecule has 0 saturated carbocycles. The van der Waals surface area contributed by atoms with Gasteiger partial charge in [0.1, 0.15) is 12.4 Å². The van der Waals surface area contributed by atoms with Gasteiger partial charge in [-0.2, -0.15) is 0 Å². The van der Waals surface area contributed by atoms with Crippen LogP contribution >= 0.6 is 0 Å². The van der Waals surface area contributed by atoms with E-state index in [1.54, 1.807) is 12.1 Å². The van der Waals surface area contributed by atoms with Crippen LogP contribution in [-0.2, 0) is 0 Å². The molecule has 2 aromatic rings. The topological polar surface area (TPSA) is 122 Å². The van der Waals surface area contributed by atoms with Gasteiger partial charge in [0, 0.05) is 18.2 Å². The number of nitrogens with zero attached hydrogens (tertiary/aromatic N) is 2. The second-order valence-electron chi connectivity index (χ2n) is 6.11. The van der Waals surface area contributed by atoms with Gasteiger partial charge in [-0.15, -0.1) is 0 Å². The third-order valence-corrected chi connectivity index (χ3v) is 4.14. The van der Waals surface area contributed by atoms with E-state index in [9.17, 15) is 4.79 Å². The minimum atomic E-state index is -0.321. The largest absolute Gasteiger partial charge is 0.491 e. The molecule has 0 unspecified atom stereocenters. The number of rotatable bonds is 6. The summed E-state index contributed by atoms with van der Waals surface area (Å²) < 4.78 is 5.41. The monoisotopic (exact) mass is 357 g/mol. The van der Waals surface area contributed by atoms with Gasteiger partial charge in [-0.25, -0.2) is 9.97 Å². The van der Waals surface area contributed by atoms with Crippen LogP contribution in [0.1, 0.15) is 23.3 Å². The van der Waals surface area contributed by atoms with Crippen LogP contribution in [0, 0.1) is 0 Å². The lowest BCUT2D eigenvalue weighted by Crippen LogP contribution is -2.46. The first kappa shape index (κ1) is 18.1. The molecule has 1 saturated heterocycles. The fourth-order valence-electron chi connectivity index (χ4n) is 2.84. The Hall–Kier alpha value is -2.71. The molecule has 3 rings (SSSR count). The molecule has 1 atom stereocenters. The molecule has 1 fully saturated rings. The van der Waals surface area contributed by atoms with E-state index in [-0.39, 0.29) is 36.7 Å². The van der Waals surface area contributed by atoms with Crippen molar-refractivity contribution in [2.24, 2.45) is 0 Å². The average molecular weight is 357 g/mol. The van der Waals surface area contributed by atoms with E-state index in [1.165, 1.54) is 6.20 Å². The SMILES string of the molecule is Nc1ncc(-c2cccc(OCCO)c2)nc1C(=O)N[C@H]1CCCNC1. The maximum atomic E-state index is 12.6. The van der Waals surface area contributed by atoms with Crippen LogP contribution in [0.15, 0.2) is 30.5 Å². The third kappa shape index (κ3) is 4.47. The van der Waals surface area contributed by atoms with Gasteiger partial charge >= 0.3 is 0 Å². The van der Waals surface area contributed by atoms with Gasteiger partial charge in [0.15, 0.2) is 11.5 Å². The molecular formula is C18H23N5O3. The van der Waals surface area contributed by atoms with E-state index < -0.39 is 0 Å². The van der Waals surface area contributed by atoms with E-state index >= 15 is 0 Å². The molecule has 26 heavy (non-hydrogen) atoms. The lowest BCUT2D eigenvalue weighted by Gasteiger charge is -2.23. The van der Waals surface area contributed by atoms with Crippen LogP contribution in [0.2, 0.25) is 0 Å². The lowest BCUT2D eigenvalue weighted by atomic mass is 10.1. The summed E-state index contributed by atoms with van der Waals surface area (Å²) in [5.41, 5.74) is 7.27. The van der Waals surface area contributed by atoms with Crippen molar-refractivity contribution in [3.05, 3.63) is 36.2 Å². The van der Waals surface area contributed by atoms with Crippen LogP contribution in [0.4, 0.5) is 5.82 Å². The predicted octanol–water partition coefficient (Wildman–Crippen LogP) is 0.579. The Balaban J connectivity index is 1.79. The number of aromatic nitrogens is 2. The molecular weight excluding hydrogens is 334 g/mol. The summed E-state index contributed by atoms with van der Waals surface area (Å²) in [5.74, 6) is 0.385. The van der Waals surface area contributed by atoms with Crippen LogP contribution in [0.3, 0.4) is 0 Å². The van der Waals surface area contributed by atoms with Gasteiger partial charge in [-0.05, 0) is 31.5 Å². The van der Waals surface area contributed by atoms with Crippen LogP contribution < -0.4 is 21.1 Å². The minimum Gasteiger partial charge on any atom is -0.491 e. The summed E-state index contributed by atoms with van der Waals surface area (Å²) in [7, 11) is 0. The second-order valence-corrected chi connectivity index (χ2v) is 6.11. The van der Waals surface area contributed by atoms with E-state index in [0.717, 1.165) is 31.5 Å². The molecule has 1 aliphatic heterocycles. The molecule has 0 bridgehead atoms. The number of amides is 1. The fraction of sp³-hybridized carbons (Fsp3) is 0.389. The molecule has 138 valence electrons. The second kappa shape index (κ2) is 8.59. The van der Waals surface area contributed by atoms with Gasteiger partial charge < -0.3 is 26.2 Å². The van der Waals surface area contributed by atoms with Crippen LogP contribution in [0.5, 0.6) is 5.75 Å². The van der Waals surface area contributed by atoms with Gasteiger partial charge in [0.25, 0.3) is 5.91 Å². The number of nitrogen functional groups attached to an aromatic ring is 1. The highest BCUT2D eigenvalue weighted by Crippen LogP contribution is 2.23. The fourth-order valence-corrected chi connectivity index (χ4v) is 2.84. The summed E-state index contributed by atoms with van der Waals surface area (Å²) in [5, 5.41) is 15.1. The Bertz CT molecular complexity index is 762. The highest BCUT2D eigenvalue weighted by atomic mass is 16.5. The number of nitrogens with one attached hydrogen (secondary N) is 2. The number of aliphatic hydroxyl groups is 1. The Morgan fingerprint density at radius 1 is 1.46 bits per heavy atom. The predicted molar refractivity (Wildman–Crippen MR) is 97.8 cm³/mol. The van der Waals surface area contributed by atoms with Gasteiger partial charge in [-0.3, -0.25) is 4.79 Å². The summed E-state index contributed by atoms with van der Waals surface area (Å²) in [6.07, 6.45) is 3.47. The zero-order valence-electron chi connectivity index (χ0n) is 14.4. The first-order chi connectivity index (χ1) is 12.7. The quantitative estimate of drug-likeness (QED) is 0.596. The molecule has 2 heterocycles. The first-order valence-electron chi connectivity index (χ1n) is 8.65. The Morgan fingerprint density at radius 2 is 2.35 bits per heavy atom. The summed E-state index contributed by atoms with van der Waals surface area (Å²) in [6, 6.07) is 7.29. The van der Waals surface area contributed by atoms with E-state index in [1.807, 2.05) is 12.1 Å². The molecule has 1 amide bonds. The van der Waals surface area contributed by atoms with E-state index in [2.05, 4.69) is 20.6 Å². The van der Waals surface area contributed by atoms with Crippen molar-refractivity contribution in [3.8, 4) is 17.0 Å². The minimum absolute atomic E-state index is 0.0632. The maximum Gasteiger partial charge on any atom is 0.274 e. The van der Waals surface area contributed by atoms with Crippen LogP contribution in [-0.4, -0.2) is 53.3 Å². The van der Waals surface area contributed by atoms with Crippen molar-refractivity contribution in [3.63, 3.8) is 0 Å². The number of hydrogen-bond acceptors (Lipinski definition) is 7. The molecule has 8 heteroatoms. The van der Waals surface area contributed by atoms with E-state index in [0.29, 0.717) is 11.4 Å². The molecule has 1 aromatic carbocycles. The number of carbonyl (C=O) groups is 1. The standard InChI is InChI=1S/C18H23N5O3/c19-17-16(18(25)22-13-4-2-6-20-10-13)23-15(11-21-17)12-3-1-5-14(9-12)26-8-7-24/h1,3,5,9,11,13,20,24H,2,4,6-8,10H2,(H2,19,21)(H,22,25)/t13-/m0/s1. The van der Waals surface area contributed by atoms with Crippen molar-refractivity contribution in [2.75, 3.05) is 32.0 Å². The third-order valence-electron chi connectivity index (χ3n) is 4.14. The molecule has 1 aliphatic rings. The van der Waals surface area contributed by atoms with Crippen molar-refractivity contribution in [1.29, 1.82) is 0 Å². The Kier molecular flexibility index (Phi) is 5.98. The number of piperidine rings is 1. The highest BCUT2D eigenvalue weighted by molar-refractivity contribution is 5.97. The molecule has 0 aliphatic carbocycles. The van der Waals surface area contributed by atoms with Crippen molar-refractivity contribution in [1.82, 2.24) is 20.6 Å². The Labute approximate surface area is 151 Å². The molecule has 1 aromatic heterocycles. The van der Waals surface area contributed by atoms with E-state index in [4.69, 9.17) is 15.6 Å². The van der Waals surface area contributed by atoms with Gasteiger partial charge in [0.05, 0.1) is 18.5 Å². The highest BCUT2D eigenvalue weighted by Gasteiger charge is 2.20. The Morgan fingerprint density at radius 3 is 3.12 bits per heavy atom. The molecule has 0 radical (unpaired) electrons. The summed E-state index contributed by atoms with van der Waals surface area (Å²) in [4.78, 5) is 21.1. The molecule has 5 N–H and O–H groups in total. The van der Waals surface area contributed by atoms with Gasteiger partial charge in [-0.1, -0.05) is 12.1 Å². The van der Waals surface area contributed by atoms with Crippen LogP contribution in [0.25, 0.3) is 11.3 Å². The average Bonchev–Trinajstić information content (AvgIpc) is 2.67. The summed E-state index contributed by atoms with van der Waals surface area (Å²) >= 11 is 0. The summed E-state index contributed by atoms with van der Waals surface area (Å²) in [6.45, 7) is 1.85. The number of nitrogens with two attached hydrogens (primary N) is 1. The molecule has 8 nitrogen and oxygen atoms in total. The number of benzene rings is 1. The lowest BCUT2D eigenvalue weighted by molar-refractivity contribution is 0.0926.